The largest absolute Gasteiger partial charge is 0.481 e. The van der Waals surface area contributed by atoms with Gasteiger partial charge in [0, 0.05) is 12.7 Å². The van der Waals surface area contributed by atoms with Gasteiger partial charge in [-0.3, -0.25) is 9.59 Å². The van der Waals surface area contributed by atoms with Crippen molar-refractivity contribution < 1.29 is 24.6 Å². The van der Waals surface area contributed by atoms with Crippen molar-refractivity contribution in [1.82, 2.24) is 9.88 Å². The van der Waals surface area contributed by atoms with Crippen molar-refractivity contribution >= 4 is 29.4 Å². The van der Waals surface area contributed by atoms with Crippen molar-refractivity contribution in [3.8, 4) is 0 Å². The zero-order valence-corrected chi connectivity index (χ0v) is 10.8. The summed E-state index contributed by atoms with van der Waals surface area (Å²) in [7, 11) is 0. The van der Waals surface area contributed by atoms with Crippen molar-refractivity contribution in [3.05, 3.63) is 23.0 Å². The summed E-state index contributed by atoms with van der Waals surface area (Å²) in [6, 6.07) is -0.0935. The van der Waals surface area contributed by atoms with Gasteiger partial charge in [-0.15, -0.1) is 0 Å². The van der Waals surface area contributed by atoms with Gasteiger partial charge in [-0.2, -0.15) is 0 Å². The Labute approximate surface area is 113 Å². The normalized spacial score (nSPS) is 11.9. The Balaban J connectivity index is 2.87. The second-order valence-corrected chi connectivity index (χ2v) is 4.23. The van der Waals surface area contributed by atoms with Gasteiger partial charge in [-0.05, 0) is 13.0 Å². The predicted octanol–water partition coefficient (Wildman–Crippen LogP) is 0.819. The van der Waals surface area contributed by atoms with E-state index in [2.05, 4.69) is 5.32 Å². The fourth-order valence-corrected chi connectivity index (χ4v) is 1.75. The molecule has 0 fully saturated rings. The lowest BCUT2D eigenvalue weighted by molar-refractivity contribution is -0.145. The average molecular weight is 289 g/mol. The highest BCUT2D eigenvalue weighted by molar-refractivity contribution is 6.31. The molecule has 0 spiro atoms. The number of aliphatic carboxylic acids is 2. The molecule has 0 bridgehead atoms. The number of carbonyl (C=O) groups is 3. The van der Waals surface area contributed by atoms with Crippen LogP contribution in [0.15, 0.2) is 12.3 Å². The predicted molar refractivity (Wildman–Crippen MR) is 66.3 cm³/mol. The van der Waals surface area contributed by atoms with Crippen molar-refractivity contribution in [2.75, 3.05) is 0 Å². The van der Waals surface area contributed by atoms with Gasteiger partial charge in [0.25, 0.3) is 5.91 Å². The molecule has 0 aromatic carbocycles. The summed E-state index contributed by atoms with van der Waals surface area (Å²) in [5.74, 6) is -3.39. The first-order valence-corrected chi connectivity index (χ1v) is 5.84. The zero-order chi connectivity index (χ0) is 14.6. The van der Waals surface area contributed by atoms with E-state index in [1.165, 1.54) is 16.8 Å². The molecule has 1 heterocycles. The van der Waals surface area contributed by atoms with Crippen LogP contribution >= 0.6 is 11.6 Å². The fourth-order valence-electron chi connectivity index (χ4n) is 1.53. The van der Waals surface area contributed by atoms with Gasteiger partial charge >= 0.3 is 11.9 Å². The molecule has 8 heteroatoms. The number of rotatable bonds is 6. The van der Waals surface area contributed by atoms with E-state index in [-0.39, 0.29) is 5.69 Å². The van der Waals surface area contributed by atoms with E-state index < -0.39 is 30.3 Å². The monoisotopic (exact) mass is 288 g/mol. The summed E-state index contributed by atoms with van der Waals surface area (Å²) in [6.07, 6.45) is 0.838. The first-order valence-electron chi connectivity index (χ1n) is 5.46. The zero-order valence-electron chi connectivity index (χ0n) is 10.1. The average Bonchev–Trinajstić information content (AvgIpc) is 2.68. The van der Waals surface area contributed by atoms with Gasteiger partial charge in [0.1, 0.15) is 11.7 Å². The highest BCUT2D eigenvalue weighted by Crippen LogP contribution is 2.14. The SMILES string of the molecule is CCn1cc(Cl)cc1C(=O)NC(CC(=O)O)C(=O)O. The highest BCUT2D eigenvalue weighted by Gasteiger charge is 2.24. The highest BCUT2D eigenvalue weighted by atomic mass is 35.5. The topological polar surface area (TPSA) is 109 Å². The van der Waals surface area contributed by atoms with Crippen LogP contribution in [0, 0.1) is 0 Å². The summed E-state index contributed by atoms with van der Waals surface area (Å²) in [6.45, 7) is 2.27. The molecule has 19 heavy (non-hydrogen) atoms. The number of amides is 1. The number of hydrogen-bond donors (Lipinski definition) is 3. The van der Waals surface area contributed by atoms with Gasteiger partial charge in [0.15, 0.2) is 0 Å². The van der Waals surface area contributed by atoms with Gasteiger partial charge < -0.3 is 20.1 Å². The molecule has 0 aliphatic heterocycles. The minimum absolute atomic E-state index is 0.184. The Hall–Kier alpha value is -2.02. The maximum absolute atomic E-state index is 11.9. The van der Waals surface area contributed by atoms with E-state index in [1.807, 2.05) is 0 Å². The molecular formula is C11H13ClN2O5. The van der Waals surface area contributed by atoms with E-state index in [0.29, 0.717) is 11.6 Å². The molecule has 1 unspecified atom stereocenters. The minimum atomic E-state index is -1.48. The molecule has 1 rings (SSSR count). The molecule has 0 saturated carbocycles. The molecule has 104 valence electrons. The number of carboxylic acids is 2. The number of nitrogens with one attached hydrogen (secondary N) is 1. The van der Waals surface area contributed by atoms with Crippen LogP contribution in [0.25, 0.3) is 0 Å². The molecule has 0 aliphatic rings. The Kier molecular flexibility index (Phi) is 4.94. The van der Waals surface area contributed by atoms with E-state index >= 15 is 0 Å². The Morgan fingerprint density at radius 1 is 1.42 bits per heavy atom. The molecule has 0 aliphatic carbocycles. The molecular weight excluding hydrogens is 276 g/mol. The van der Waals surface area contributed by atoms with Crippen LogP contribution < -0.4 is 5.32 Å². The molecule has 3 N–H and O–H groups in total. The summed E-state index contributed by atoms with van der Waals surface area (Å²) < 4.78 is 1.54. The van der Waals surface area contributed by atoms with Crippen LogP contribution in [0.3, 0.4) is 0 Å². The van der Waals surface area contributed by atoms with E-state index in [0.717, 1.165) is 0 Å². The Bertz CT molecular complexity index is 511. The summed E-state index contributed by atoms with van der Waals surface area (Å²) in [5.41, 5.74) is 0.184. The van der Waals surface area contributed by atoms with Crippen molar-refractivity contribution in [2.24, 2.45) is 0 Å². The van der Waals surface area contributed by atoms with Gasteiger partial charge in [-0.1, -0.05) is 11.6 Å². The smallest absolute Gasteiger partial charge is 0.326 e. The van der Waals surface area contributed by atoms with Gasteiger partial charge in [0.05, 0.1) is 11.4 Å². The summed E-state index contributed by atoms with van der Waals surface area (Å²) >= 11 is 5.76. The maximum atomic E-state index is 11.9. The Morgan fingerprint density at radius 3 is 2.53 bits per heavy atom. The third-order valence-electron chi connectivity index (χ3n) is 2.42. The van der Waals surface area contributed by atoms with Crippen molar-refractivity contribution in [1.29, 1.82) is 0 Å². The lowest BCUT2D eigenvalue weighted by Gasteiger charge is -2.13. The first-order chi connectivity index (χ1) is 8.85. The van der Waals surface area contributed by atoms with Crippen molar-refractivity contribution in [2.45, 2.75) is 25.9 Å². The standard InChI is InChI=1S/C11H13ClN2O5/c1-2-14-5-6(12)3-8(14)10(17)13-7(11(18)19)4-9(15)16/h3,5,7H,2,4H2,1H3,(H,13,17)(H,15,16)(H,18,19). The molecule has 1 amide bonds. The summed E-state index contributed by atoms with van der Waals surface area (Å²) in [5, 5.41) is 19.9. The molecule has 1 aromatic rings. The number of aromatic nitrogens is 1. The third-order valence-corrected chi connectivity index (χ3v) is 2.63. The van der Waals surface area contributed by atoms with Gasteiger partial charge in [0.2, 0.25) is 0 Å². The maximum Gasteiger partial charge on any atom is 0.326 e. The van der Waals surface area contributed by atoms with Crippen LogP contribution in [0.4, 0.5) is 0 Å². The molecule has 0 saturated heterocycles. The van der Waals surface area contributed by atoms with Crippen molar-refractivity contribution in [3.63, 3.8) is 0 Å². The molecule has 7 nitrogen and oxygen atoms in total. The number of carboxylic acid groups (broad SMARTS) is 2. The van der Waals surface area contributed by atoms with Crippen LogP contribution in [0.1, 0.15) is 23.8 Å². The second kappa shape index (κ2) is 6.24. The first kappa shape index (κ1) is 15.0. The van der Waals surface area contributed by atoms with Gasteiger partial charge in [-0.25, -0.2) is 4.79 Å². The molecule has 1 atom stereocenters. The molecule has 0 radical (unpaired) electrons. The van der Waals surface area contributed by atoms with E-state index in [4.69, 9.17) is 21.8 Å². The lowest BCUT2D eigenvalue weighted by atomic mass is 10.2. The molecule has 1 aromatic heterocycles. The number of halogens is 1. The fraction of sp³-hybridized carbons (Fsp3) is 0.364. The van der Waals surface area contributed by atoms with Crippen LogP contribution in [0.5, 0.6) is 0 Å². The number of carbonyl (C=O) groups excluding carboxylic acids is 1. The van der Waals surface area contributed by atoms with E-state index in [9.17, 15) is 14.4 Å². The van der Waals surface area contributed by atoms with Crippen LogP contribution in [-0.4, -0.2) is 38.7 Å². The van der Waals surface area contributed by atoms with Crippen LogP contribution in [0.2, 0.25) is 5.02 Å². The quantitative estimate of drug-likeness (QED) is 0.718. The number of hydrogen-bond acceptors (Lipinski definition) is 3. The Morgan fingerprint density at radius 2 is 2.05 bits per heavy atom. The second-order valence-electron chi connectivity index (χ2n) is 3.79. The summed E-state index contributed by atoms with van der Waals surface area (Å²) in [4.78, 5) is 33.3. The van der Waals surface area contributed by atoms with Crippen LogP contribution in [-0.2, 0) is 16.1 Å². The number of aryl methyl sites for hydroxylation is 1. The third kappa shape index (κ3) is 3.99. The number of nitrogens with zero attached hydrogens (tertiary/aromatic N) is 1. The lowest BCUT2D eigenvalue weighted by Crippen LogP contribution is -2.42. The minimum Gasteiger partial charge on any atom is -0.481 e. The van der Waals surface area contributed by atoms with E-state index in [1.54, 1.807) is 6.92 Å².